The fourth-order valence-corrected chi connectivity index (χ4v) is 3.84. The molecular weight excluding hydrogens is 336 g/mol. The van der Waals surface area contributed by atoms with E-state index in [1.165, 1.54) is 11.1 Å². The minimum absolute atomic E-state index is 0.00919. The summed E-state index contributed by atoms with van der Waals surface area (Å²) in [5, 5.41) is 3.08. The minimum atomic E-state index is -3.39. The van der Waals surface area contributed by atoms with Crippen LogP contribution in [0.3, 0.4) is 0 Å². The highest BCUT2D eigenvalue weighted by atomic mass is 32.2. The van der Waals surface area contributed by atoms with Crippen molar-refractivity contribution in [2.45, 2.75) is 32.2 Å². The Morgan fingerprint density at radius 2 is 1.92 bits per heavy atom. The largest absolute Gasteiger partial charge is 0.345 e. The van der Waals surface area contributed by atoms with Gasteiger partial charge in [-0.15, -0.1) is 0 Å². The van der Waals surface area contributed by atoms with Crippen LogP contribution in [0.4, 0.5) is 5.69 Å². The van der Waals surface area contributed by atoms with Gasteiger partial charge in [0.05, 0.1) is 18.0 Å². The molecule has 0 aromatic heterocycles. The number of benzene rings is 2. The zero-order valence-corrected chi connectivity index (χ0v) is 15.2. The predicted molar refractivity (Wildman–Crippen MR) is 99.2 cm³/mol. The van der Waals surface area contributed by atoms with Gasteiger partial charge in [0.1, 0.15) is 0 Å². The lowest BCUT2D eigenvalue weighted by Crippen LogP contribution is -2.31. The van der Waals surface area contributed by atoms with Gasteiger partial charge in [0, 0.05) is 5.56 Å². The molecule has 2 aromatic rings. The second-order valence-electron chi connectivity index (χ2n) is 6.52. The van der Waals surface area contributed by atoms with E-state index in [1.807, 2.05) is 12.1 Å². The zero-order valence-electron chi connectivity index (χ0n) is 14.4. The number of hydrogen-bond acceptors (Lipinski definition) is 3. The second kappa shape index (κ2) is 6.88. The lowest BCUT2D eigenvalue weighted by atomic mass is 9.87. The van der Waals surface area contributed by atoms with Crippen LogP contribution in [0.5, 0.6) is 0 Å². The molecule has 3 rings (SSSR count). The summed E-state index contributed by atoms with van der Waals surface area (Å²) in [4.78, 5) is 12.7. The van der Waals surface area contributed by atoms with E-state index in [1.54, 1.807) is 25.1 Å². The number of amides is 1. The molecule has 0 bridgehead atoms. The number of fused-ring (bicyclic) bond motifs is 1. The van der Waals surface area contributed by atoms with E-state index in [0.29, 0.717) is 11.3 Å². The van der Waals surface area contributed by atoms with Crippen LogP contribution >= 0.6 is 0 Å². The Hall–Kier alpha value is -2.34. The highest BCUT2D eigenvalue weighted by molar-refractivity contribution is 7.92. The molecule has 0 radical (unpaired) electrons. The molecule has 1 atom stereocenters. The molecule has 6 heteroatoms. The van der Waals surface area contributed by atoms with Gasteiger partial charge >= 0.3 is 0 Å². The molecule has 0 spiro atoms. The number of carbonyl (C=O) groups is 1. The zero-order chi connectivity index (χ0) is 18.0. The number of rotatable bonds is 4. The average Bonchev–Trinajstić information content (AvgIpc) is 2.56. The maximum atomic E-state index is 12.7. The first-order valence-electron chi connectivity index (χ1n) is 8.30. The molecule has 25 heavy (non-hydrogen) atoms. The van der Waals surface area contributed by atoms with Gasteiger partial charge in [0.2, 0.25) is 10.0 Å². The highest BCUT2D eigenvalue weighted by Crippen LogP contribution is 2.30. The quantitative estimate of drug-likeness (QED) is 0.881. The number of nitrogens with one attached hydrogen (secondary N) is 2. The summed E-state index contributed by atoms with van der Waals surface area (Å²) < 4.78 is 25.4. The van der Waals surface area contributed by atoms with Crippen molar-refractivity contribution in [2.75, 3.05) is 11.0 Å². The Labute approximate surface area is 148 Å². The van der Waals surface area contributed by atoms with E-state index in [9.17, 15) is 13.2 Å². The molecule has 1 unspecified atom stereocenters. The van der Waals surface area contributed by atoms with Gasteiger partial charge in [-0.25, -0.2) is 8.42 Å². The molecule has 1 amide bonds. The van der Waals surface area contributed by atoms with Crippen LogP contribution in [-0.4, -0.2) is 20.6 Å². The van der Waals surface area contributed by atoms with E-state index in [-0.39, 0.29) is 11.9 Å². The van der Waals surface area contributed by atoms with E-state index >= 15 is 0 Å². The lowest BCUT2D eigenvalue weighted by Gasteiger charge is -2.26. The first kappa shape index (κ1) is 17.5. The Morgan fingerprint density at radius 1 is 1.16 bits per heavy atom. The molecule has 0 saturated carbocycles. The number of carbonyl (C=O) groups excluding carboxylic acids is 1. The van der Waals surface area contributed by atoms with Crippen molar-refractivity contribution in [1.29, 1.82) is 0 Å². The van der Waals surface area contributed by atoms with E-state index in [2.05, 4.69) is 22.2 Å². The number of anilines is 1. The summed E-state index contributed by atoms with van der Waals surface area (Å²) in [6.07, 6.45) is 4.08. The van der Waals surface area contributed by atoms with E-state index in [4.69, 9.17) is 0 Å². The van der Waals surface area contributed by atoms with Crippen molar-refractivity contribution in [1.82, 2.24) is 5.32 Å². The molecule has 0 heterocycles. The molecular formula is C19H22N2O3S. The van der Waals surface area contributed by atoms with Crippen LogP contribution in [0, 0.1) is 6.92 Å². The second-order valence-corrected chi connectivity index (χ2v) is 8.27. The van der Waals surface area contributed by atoms with Gasteiger partial charge in [-0.05, 0) is 55.0 Å². The summed E-state index contributed by atoms with van der Waals surface area (Å²) in [5.41, 5.74) is 4.09. The van der Waals surface area contributed by atoms with E-state index in [0.717, 1.165) is 31.1 Å². The molecule has 132 valence electrons. The summed E-state index contributed by atoms with van der Waals surface area (Å²) in [5.74, 6) is -0.196. The molecule has 2 N–H and O–H groups in total. The fourth-order valence-electron chi connectivity index (χ4n) is 3.22. The van der Waals surface area contributed by atoms with Crippen molar-refractivity contribution < 1.29 is 13.2 Å². The minimum Gasteiger partial charge on any atom is -0.345 e. The lowest BCUT2D eigenvalue weighted by molar-refractivity contribution is 0.0933. The molecule has 2 aromatic carbocycles. The van der Waals surface area contributed by atoms with Crippen molar-refractivity contribution in [3.63, 3.8) is 0 Å². The highest BCUT2D eigenvalue weighted by Gasteiger charge is 2.22. The number of sulfonamides is 1. The SMILES string of the molecule is Cc1ccc(C(=O)NC2CCCc3ccccc32)cc1NS(C)(=O)=O. The standard InChI is InChI=1S/C19H22N2O3S/c1-13-10-11-15(12-18(13)21-25(2,23)24)19(22)20-17-9-5-7-14-6-3-4-8-16(14)17/h3-4,6,8,10-12,17,21H,5,7,9H2,1-2H3,(H,20,22). The molecule has 0 aliphatic heterocycles. The third-order valence-electron chi connectivity index (χ3n) is 4.47. The van der Waals surface area contributed by atoms with Crippen molar-refractivity contribution >= 4 is 21.6 Å². The van der Waals surface area contributed by atoms with Crippen LogP contribution in [0.25, 0.3) is 0 Å². The third-order valence-corrected chi connectivity index (χ3v) is 5.06. The van der Waals surface area contributed by atoms with Crippen molar-refractivity contribution in [3.8, 4) is 0 Å². The van der Waals surface area contributed by atoms with Crippen LogP contribution in [0.2, 0.25) is 0 Å². The van der Waals surface area contributed by atoms with Gasteiger partial charge in [0.25, 0.3) is 5.91 Å². The van der Waals surface area contributed by atoms with Gasteiger partial charge < -0.3 is 5.32 Å². The first-order valence-corrected chi connectivity index (χ1v) is 10.2. The molecule has 1 aliphatic rings. The Kier molecular flexibility index (Phi) is 4.81. The van der Waals surface area contributed by atoms with Crippen LogP contribution in [0.15, 0.2) is 42.5 Å². The predicted octanol–water partition coefficient (Wildman–Crippen LogP) is 3.17. The Bertz CT molecular complexity index is 907. The summed E-state index contributed by atoms with van der Waals surface area (Å²) >= 11 is 0. The van der Waals surface area contributed by atoms with Gasteiger partial charge in [-0.1, -0.05) is 30.3 Å². The normalized spacial score (nSPS) is 16.8. The first-order chi connectivity index (χ1) is 11.8. The Balaban J connectivity index is 1.82. The third kappa shape index (κ3) is 4.20. The molecule has 1 aliphatic carbocycles. The number of hydrogen-bond donors (Lipinski definition) is 2. The van der Waals surface area contributed by atoms with E-state index < -0.39 is 10.0 Å². The molecule has 5 nitrogen and oxygen atoms in total. The topological polar surface area (TPSA) is 75.3 Å². The monoisotopic (exact) mass is 358 g/mol. The maximum absolute atomic E-state index is 12.7. The fraction of sp³-hybridized carbons (Fsp3) is 0.316. The van der Waals surface area contributed by atoms with Crippen LogP contribution in [-0.2, 0) is 16.4 Å². The molecule has 0 saturated heterocycles. The summed E-state index contributed by atoms with van der Waals surface area (Å²) in [7, 11) is -3.39. The Morgan fingerprint density at radius 3 is 2.68 bits per heavy atom. The maximum Gasteiger partial charge on any atom is 0.251 e. The van der Waals surface area contributed by atoms with Crippen LogP contribution < -0.4 is 10.0 Å². The number of aryl methyl sites for hydroxylation is 2. The van der Waals surface area contributed by atoms with Gasteiger partial charge in [-0.3, -0.25) is 9.52 Å². The van der Waals surface area contributed by atoms with Crippen molar-refractivity contribution in [2.24, 2.45) is 0 Å². The van der Waals surface area contributed by atoms with Gasteiger partial charge in [0.15, 0.2) is 0 Å². The molecule has 0 fully saturated rings. The van der Waals surface area contributed by atoms with Gasteiger partial charge in [-0.2, -0.15) is 0 Å². The summed E-state index contributed by atoms with van der Waals surface area (Å²) in [6, 6.07) is 13.2. The average molecular weight is 358 g/mol. The smallest absolute Gasteiger partial charge is 0.251 e. The van der Waals surface area contributed by atoms with Crippen molar-refractivity contribution in [3.05, 3.63) is 64.7 Å². The summed E-state index contributed by atoms with van der Waals surface area (Å²) in [6.45, 7) is 1.80. The van der Waals surface area contributed by atoms with Crippen LogP contribution in [0.1, 0.15) is 45.9 Å².